The Morgan fingerprint density at radius 3 is 2.33 bits per heavy atom. The van der Waals surface area contributed by atoms with E-state index in [1.807, 2.05) is 31.4 Å². The number of aromatic nitrogens is 1. The van der Waals surface area contributed by atoms with E-state index in [4.69, 9.17) is 27.9 Å². The largest absolute Gasteiger partial charge is 0.497 e. The number of carbonyl (C=O) groups is 1. The third kappa shape index (κ3) is 6.33. The van der Waals surface area contributed by atoms with Crippen LogP contribution in [0.3, 0.4) is 0 Å². The number of halogens is 2. The first-order valence-electron chi connectivity index (χ1n) is 12.2. The first-order chi connectivity index (χ1) is 19.0. The Bertz CT molecular complexity index is 1670. The second-order valence-electron chi connectivity index (χ2n) is 9.07. The second kappa shape index (κ2) is 12.2. The van der Waals surface area contributed by atoms with Crippen molar-refractivity contribution in [2.75, 3.05) is 18.0 Å². The van der Waals surface area contributed by atoms with Gasteiger partial charge in [-0.1, -0.05) is 40.9 Å². The predicted molar refractivity (Wildman–Crippen MR) is 160 cm³/mol. The van der Waals surface area contributed by atoms with Crippen molar-refractivity contribution in [3.05, 3.63) is 105 Å². The zero-order chi connectivity index (χ0) is 29.0. The normalized spacial score (nSPS) is 11.6. The van der Waals surface area contributed by atoms with Crippen molar-refractivity contribution in [2.24, 2.45) is 5.10 Å². The molecule has 0 saturated carbocycles. The van der Waals surface area contributed by atoms with Gasteiger partial charge in [0.1, 0.15) is 12.3 Å². The van der Waals surface area contributed by atoms with Gasteiger partial charge in [-0.2, -0.15) is 5.10 Å². The molecule has 1 amide bonds. The average Bonchev–Trinajstić information content (AvgIpc) is 3.21. The number of nitrogens with zero attached hydrogens (tertiary/aromatic N) is 3. The number of hydrazone groups is 1. The van der Waals surface area contributed by atoms with Crippen molar-refractivity contribution in [1.82, 2.24) is 9.99 Å². The van der Waals surface area contributed by atoms with Crippen molar-refractivity contribution in [1.29, 1.82) is 0 Å². The molecule has 3 aromatic carbocycles. The highest BCUT2D eigenvalue weighted by molar-refractivity contribution is 7.92. The van der Waals surface area contributed by atoms with Gasteiger partial charge in [-0.3, -0.25) is 9.10 Å². The quantitative estimate of drug-likeness (QED) is 0.187. The van der Waals surface area contributed by atoms with E-state index in [-0.39, 0.29) is 4.90 Å². The lowest BCUT2D eigenvalue weighted by Crippen LogP contribution is -2.39. The van der Waals surface area contributed by atoms with Gasteiger partial charge in [-0.05, 0) is 81.4 Å². The van der Waals surface area contributed by atoms with Crippen LogP contribution in [0, 0.1) is 20.8 Å². The van der Waals surface area contributed by atoms with Crippen LogP contribution < -0.4 is 14.5 Å². The molecule has 0 fully saturated rings. The molecule has 1 N–H and O–H groups in total. The molecule has 0 atom stereocenters. The summed E-state index contributed by atoms with van der Waals surface area (Å²) in [7, 11) is -2.54. The number of anilines is 1. The molecule has 11 heteroatoms. The molecule has 1 aromatic heterocycles. The summed E-state index contributed by atoms with van der Waals surface area (Å²) in [6.45, 7) is 5.19. The van der Waals surface area contributed by atoms with E-state index in [1.165, 1.54) is 25.5 Å². The molecule has 0 aliphatic heterocycles. The summed E-state index contributed by atoms with van der Waals surface area (Å²) >= 11 is 12.6. The first-order valence-corrected chi connectivity index (χ1v) is 14.4. The molecule has 1 heterocycles. The maximum atomic E-state index is 13.6. The third-order valence-corrected chi connectivity index (χ3v) is 8.61. The number of carbonyl (C=O) groups excluding carboxylic acids is 1. The molecular formula is C29H28Cl2N4O4S. The van der Waals surface area contributed by atoms with Crippen molar-refractivity contribution in [3.8, 4) is 11.4 Å². The molecule has 4 rings (SSSR count). The van der Waals surface area contributed by atoms with Crippen LogP contribution in [-0.2, 0) is 14.8 Å². The number of methoxy groups -OCH3 is 1. The SMILES string of the molecule is COc1ccc(N(CC(=O)N/N=C/c2cc(C)n(-c3cc(Cl)ccc3Cl)c2C)S(=O)(=O)c2ccc(C)cc2)cc1. The number of ether oxygens (including phenoxy) is 1. The molecular weight excluding hydrogens is 571 g/mol. The zero-order valence-electron chi connectivity index (χ0n) is 22.4. The van der Waals surface area contributed by atoms with Gasteiger partial charge >= 0.3 is 0 Å². The molecule has 0 saturated heterocycles. The van der Waals surface area contributed by atoms with E-state index in [0.29, 0.717) is 21.5 Å². The summed E-state index contributed by atoms with van der Waals surface area (Å²) in [6.07, 6.45) is 1.50. The number of rotatable bonds is 9. The molecule has 0 aliphatic carbocycles. The Balaban J connectivity index is 1.57. The zero-order valence-corrected chi connectivity index (χ0v) is 24.7. The minimum Gasteiger partial charge on any atom is -0.497 e. The number of aryl methyl sites for hydroxylation is 2. The average molecular weight is 600 g/mol. The van der Waals surface area contributed by atoms with E-state index in [9.17, 15) is 13.2 Å². The van der Waals surface area contributed by atoms with Crippen molar-refractivity contribution >= 4 is 51.0 Å². The van der Waals surface area contributed by atoms with Crippen LogP contribution in [0.4, 0.5) is 5.69 Å². The third-order valence-electron chi connectivity index (χ3n) is 6.27. The second-order valence-corrected chi connectivity index (χ2v) is 11.8. The van der Waals surface area contributed by atoms with Crippen molar-refractivity contribution in [3.63, 3.8) is 0 Å². The van der Waals surface area contributed by atoms with Crippen molar-refractivity contribution < 1.29 is 17.9 Å². The molecule has 0 spiro atoms. The minimum absolute atomic E-state index is 0.0670. The summed E-state index contributed by atoms with van der Waals surface area (Å²) < 4.78 is 35.3. The van der Waals surface area contributed by atoms with Crippen LogP contribution >= 0.6 is 23.2 Å². The van der Waals surface area contributed by atoms with Gasteiger partial charge in [0.15, 0.2) is 0 Å². The Morgan fingerprint density at radius 2 is 1.68 bits per heavy atom. The summed E-state index contributed by atoms with van der Waals surface area (Å²) in [5.41, 5.74) is 6.87. The van der Waals surface area contributed by atoms with Crippen LogP contribution in [-0.4, -0.2) is 38.8 Å². The lowest BCUT2D eigenvalue weighted by atomic mass is 10.2. The molecule has 208 valence electrons. The molecule has 0 unspecified atom stereocenters. The Morgan fingerprint density at radius 1 is 1.00 bits per heavy atom. The number of sulfonamides is 1. The summed E-state index contributed by atoms with van der Waals surface area (Å²) in [6, 6.07) is 20.0. The number of nitrogens with one attached hydrogen (secondary N) is 1. The molecule has 0 bridgehead atoms. The van der Waals surface area contributed by atoms with Gasteiger partial charge in [0, 0.05) is 22.0 Å². The van der Waals surface area contributed by atoms with E-state index >= 15 is 0 Å². The molecule has 4 aromatic rings. The van der Waals surface area contributed by atoms with Crippen LogP contribution in [0.15, 0.2) is 82.8 Å². The van der Waals surface area contributed by atoms with E-state index in [0.717, 1.165) is 32.5 Å². The van der Waals surface area contributed by atoms with E-state index in [2.05, 4.69) is 10.5 Å². The Hall–Kier alpha value is -3.79. The van der Waals surface area contributed by atoms with Crippen LogP contribution in [0.1, 0.15) is 22.5 Å². The first kappa shape index (κ1) is 29.2. The Labute approximate surface area is 243 Å². The van der Waals surface area contributed by atoms with Gasteiger partial charge in [-0.15, -0.1) is 0 Å². The smallest absolute Gasteiger partial charge is 0.264 e. The van der Waals surface area contributed by atoms with Gasteiger partial charge in [-0.25, -0.2) is 13.8 Å². The number of amides is 1. The van der Waals surface area contributed by atoms with Crippen LogP contribution in [0.25, 0.3) is 5.69 Å². The summed E-state index contributed by atoms with van der Waals surface area (Å²) in [4.78, 5) is 13.0. The highest BCUT2D eigenvalue weighted by Gasteiger charge is 2.27. The lowest BCUT2D eigenvalue weighted by molar-refractivity contribution is -0.119. The van der Waals surface area contributed by atoms with E-state index < -0.39 is 22.5 Å². The lowest BCUT2D eigenvalue weighted by Gasteiger charge is -2.24. The fraction of sp³-hybridized carbons (Fsp3) is 0.172. The molecule has 8 nitrogen and oxygen atoms in total. The predicted octanol–water partition coefficient (Wildman–Crippen LogP) is 6.06. The Kier molecular flexibility index (Phi) is 8.88. The van der Waals surface area contributed by atoms with Gasteiger partial charge < -0.3 is 9.30 Å². The summed E-state index contributed by atoms with van der Waals surface area (Å²) in [5.74, 6) is -0.0587. The van der Waals surface area contributed by atoms with Gasteiger partial charge in [0.25, 0.3) is 15.9 Å². The molecule has 0 aliphatic rings. The standard InChI is InChI=1S/C29H28Cl2N4O4S/c1-19-5-12-26(13-6-19)40(37,38)34(24-8-10-25(39-4)11-9-24)18-29(36)33-32-17-22-15-20(2)35(21(22)3)28-16-23(30)7-14-27(28)31/h5-17H,18H2,1-4H3,(H,33,36)/b32-17+. The molecule has 40 heavy (non-hydrogen) atoms. The van der Waals surface area contributed by atoms with Crippen LogP contribution in [0.2, 0.25) is 10.0 Å². The fourth-order valence-electron chi connectivity index (χ4n) is 4.19. The highest BCUT2D eigenvalue weighted by Crippen LogP contribution is 2.29. The van der Waals surface area contributed by atoms with Gasteiger partial charge in [0.05, 0.1) is 34.6 Å². The molecule has 0 radical (unpaired) electrons. The number of benzene rings is 3. The number of hydrogen-bond acceptors (Lipinski definition) is 5. The maximum Gasteiger partial charge on any atom is 0.264 e. The topological polar surface area (TPSA) is 93.0 Å². The fourth-order valence-corrected chi connectivity index (χ4v) is 5.98. The van der Waals surface area contributed by atoms with E-state index in [1.54, 1.807) is 54.6 Å². The number of hydrogen-bond donors (Lipinski definition) is 1. The minimum atomic E-state index is -4.06. The summed E-state index contributed by atoms with van der Waals surface area (Å²) in [5, 5.41) is 5.18. The monoisotopic (exact) mass is 598 g/mol. The van der Waals surface area contributed by atoms with Gasteiger partial charge in [0.2, 0.25) is 0 Å². The van der Waals surface area contributed by atoms with Crippen LogP contribution in [0.5, 0.6) is 5.75 Å². The highest BCUT2D eigenvalue weighted by atomic mass is 35.5. The maximum absolute atomic E-state index is 13.6. The van der Waals surface area contributed by atoms with Crippen molar-refractivity contribution in [2.45, 2.75) is 25.7 Å².